The third kappa shape index (κ3) is 2.79. The van der Waals surface area contributed by atoms with E-state index in [4.69, 9.17) is 4.74 Å². The van der Waals surface area contributed by atoms with Gasteiger partial charge in [-0.2, -0.15) is 0 Å². The van der Waals surface area contributed by atoms with E-state index in [-0.39, 0.29) is 18.0 Å². The van der Waals surface area contributed by atoms with Crippen LogP contribution in [0.15, 0.2) is 41.3 Å². The van der Waals surface area contributed by atoms with Gasteiger partial charge < -0.3 is 14.4 Å². The van der Waals surface area contributed by atoms with E-state index in [1.54, 1.807) is 0 Å². The van der Waals surface area contributed by atoms with Gasteiger partial charge in [-0.05, 0) is 37.3 Å². The lowest BCUT2D eigenvalue weighted by Crippen LogP contribution is -2.21. The second kappa shape index (κ2) is 6.55. The average Bonchev–Trinajstić information content (AvgIpc) is 2.61. The largest absolute Gasteiger partial charge is 0.508 e. The lowest BCUT2D eigenvalue weighted by atomic mass is 10.1. The minimum Gasteiger partial charge on any atom is -0.508 e. The number of carbonyl (C=O) groups excluding carboxylic acids is 1. The first-order valence-corrected chi connectivity index (χ1v) is 7.54. The molecule has 5 nitrogen and oxygen atoms in total. The van der Waals surface area contributed by atoms with Crippen LogP contribution in [0, 0.1) is 17.5 Å². The fourth-order valence-corrected chi connectivity index (χ4v) is 2.56. The van der Waals surface area contributed by atoms with E-state index < -0.39 is 45.3 Å². The Hall–Kier alpha value is -3.29. The van der Waals surface area contributed by atoms with E-state index in [2.05, 4.69) is 0 Å². The molecule has 1 N–H and O–H groups in total. The topological polar surface area (TPSA) is 68.5 Å². The van der Waals surface area contributed by atoms with Crippen molar-refractivity contribution in [2.75, 3.05) is 6.61 Å². The highest BCUT2D eigenvalue weighted by Crippen LogP contribution is 2.25. The van der Waals surface area contributed by atoms with Crippen molar-refractivity contribution in [3.8, 4) is 11.4 Å². The Bertz CT molecular complexity index is 1070. The number of benzene rings is 2. The van der Waals surface area contributed by atoms with Gasteiger partial charge in [0.25, 0.3) is 0 Å². The number of rotatable bonds is 3. The van der Waals surface area contributed by atoms with Gasteiger partial charge in [0.15, 0.2) is 17.5 Å². The summed E-state index contributed by atoms with van der Waals surface area (Å²) in [5.41, 5.74) is -1.76. The molecule has 0 bridgehead atoms. The van der Waals surface area contributed by atoms with Gasteiger partial charge in [0.2, 0.25) is 5.43 Å². The number of aromatic hydroxyl groups is 1. The van der Waals surface area contributed by atoms with E-state index in [1.165, 1.54) is 31.2 Å². The summed E-state index contributed by atoms with van der Waals surface area (Å²) < 4.78 is 47.6. The van der Waals surface area contributed by atoms with E-state index in [9.17, 15) is 27.9 Å². The molecule has 8 heteroatoms. The Morgan fingerprint density at radius 3 is 2.42 bits per heavy atom. The SMILES string of the molecule is CCOC(=O)c1cn(-c2ccc(O)cc2)c2c(F)c(F)c(F)cc2c1=O. The van der Waals surface area contributed by atoms with Crippen LogP contribution in [0.5, 0.6) is 5.75 Å². The molecule has 3 rings (SSSR count). The maximum atomic E-state index is 14.4. The quantitative estimate of drug-likeness (QED) is 0.573. The Balaban J connectivity index is 2.46. The molecule has 0 unspecified atom stereocenters. The Labute approximate surface area is 144 Å². The van der Waals surface area contributed by atoms with Crippen molar-refractivity contribution >= 4 is 16.9 Å². The number of nitrogens with zero attached hydrogens (tertiary/aromatic N) is 1. The predicted molar refractivity (Wildman–Crippen MR) is 87.0 cm³/mol. The van der Waals surface area contributed by atoms with Crippen molar-refractivity contribution in [3.63, 3.8) is 0 Å². The highest BCUT2D eigenvalue weighted by molar-refractivity contribution is 5.94. The molecule has 0 aliphatic carbocycles. The van der Waals surface area contributed by atoms with E-state index in [0.29, 0.717) is 6.07 Å². The molecule has 0 fully saturated rings. The van der Waals surface area contributed by atoms with Crippen LogP contribution in [0.4, 0.5) is 13.2 Å². The molecule has 0 saturated heterocycles. The number of esters is 1. The Morgan fingerprint density at radius 1 is 1.15 bits per heavy atom. The highest BCUT2D eigenvalue weighted by atomic mass is 19.2. The molecule has 0 amide bonds. The molecule has 3 aromatic rings. The van der Waals surface area contributed by atoms with Crippen molar-refractivity contribution < 1.29 is 27.8 Å². The number of hydrogen-bond acceptors (Lipinski definition) is 4. The zero-order chi connectivity index (χ0) is 19.0. The summed E-state index contributed by atoms with van der Waals surface area (Å²) in [4.78, 5) is 24.5. The summed E-state index contributed by atoms with van der Waals surface area (Å²) in [5.74, 6) is -5.92. The molecule has 1 aromatic heterocycles. The van der Waals surface area contributed by atoms with Crippen molar-refractivity contribution in [1.82, 2.24) is 4.57 Å². The number of aromatic nitrogens is 1. The molecule has 0 aliphatic rings. The molecule has 0 spiro atoms. The van der Waals surface area contributed by atoms with Gasteiger partial charge in [-0.3, -0.25) is 4.79 Å². The number of pyridine rings is 1. The zero-order valence-corrected chi connectivity index (χ0v) is 13.4. The summed E-state index contributed by atoms with van der Waals surface area (Å²) in [6.07, 6.45) is 0.996. The van der Waals surface area contributed by atoms with Gasteiger partial charge in [0.1, 0.15) is 11.3 Å². The number of phenols is 1. The summed E-state index contributed by atoms with van der Waals surface area (Å²) >= 11 is 0. The third-order valence-corrected chi connectivity index (χ3v) is 3.75. The van der Waals surface area contributed by atoms with Crippen molar-refractivity contribution in [2.24, 2.45) is 0 Å². The number of phenolic OH excluding ortho intramolecular Hbond substituents is 1. The second-order valence-corrected chi connectivity index (χ2v) is 5.36. The van der Waals surface area contributed by atoms with Gasteiger partial charge in [-0.25, -0.2) is 18.0 Å². The van der Waals surface area contributed by atoms with Gasteiger partial charge in [-0.1, -0.05) is 0 Å². The van der Waals surface area contributed by atoms with Crippen LogP contribution in [0.25, 0.3) is 16.6 Å². The van der Waals surface area contributed by atoms with Gasteiger partial charge in [0, 0.05) is 11.9 Å². The minimum atomic E-state index is -1.74. The van der Waals surface area contributed by atoms with Crippen LogP contribution in [0.3, 0.4) is 0 Å². The minimum absolute atomic E-state index is 0.0122. The predicted octanol–water partition coefficient (Wildman–Crippen LogP) is 3.29. The van der Waals surface area contributed by atoms with Crippen LogP contribution < -0.4 is 5.43 Å². The molecule has 0 saturated carbocycles. The van der Waals surface area contributed by atoms with Crippen molar-refractivity contribution in [1.29, 1.82) is 0 Å². The second-order valence-electron chi connectivity index (χ2n) is 5.36. The first-order valence-electron chi connectivity index (χ1n) is 7.54. The lowest BCUT2D eigenvalue weighted by Gasteiger charge is -2.14. The fraction of sp³-hybridized carbons (Fsp3) is 0.111. The number of ether oxygens (including phenoxy) is 1. The number of halogens is 3. The van der Waals surface area contributed by atoms with E-state index in [0.717, 1.165) is 10.8 Å². The molecule has 26 heavy (non-hydrogen) atoms. The Morgan fingerprint density at radius 2 is 1.81 bits per heavy atom. The van der Waals surface area contributed by atoms with Crippen LogP contribution in [0.1, 0.15) is 17.3 Å². The monoisotopic (exact) mass is 363 g/mol. The summed E-state index contributed by atoms with van der Waals surface area (Å²) in [7, 11) is 0. The maximum absolute atomic E-state index is 14.4. The average molecular weight is 363 g/mol. The van der Waals surface area contributed by atoms with Gasteiger partial charge in [0.05, 0.1) is 17.5 Å². The molecule has 0 aliphatic heterocycles. The first-order chi connectivity index (χ1) is 12.3. The van der Waals surface area contributed by atoms with Gasteiger partial charge in [-0.15, -0.1) is 0 Å². The van der Waals surface area contributed by atoms with Crippen LogP contribution in [-0.2, 0) is 4.74 Å². The third-order valence-electron chi connectivity index (χ3n) is 3.75. The molecular formula is C18H12F3NO4. The van der Waals surface area contributed by atoms with Crippen molar-refractivity contribution in [3.05, 3.63) is 69.8 Å². The van der Waals surface area contributed by atoms with Crippen molar-refractivity contribution in [2.45, 2.75) is 6.92 Å². The number of carbonyl (C=O) groups is 1. The summed E-state index contributed by atoms with van der Waals surface area (Å²) in [5, 5.41) is 8.88. The smallest absolute Gasteiger partial charge is 0.343 e. The molecular weight excluding hydrogens is 351 g/mol. The standard InChI is InChI=1S/C18H12F3NO4/c1-2-26-18(25)12-8-22(9-3-5-10(23)6-4-9)16-11(17(12)24)7-13(19)14(20)15(16)21/h3-8,23H,2H2,1H3. The van der Waals surface area contributed by atoms with Crippen LogP contribution in [-0.4, -0.2) is 22.2 Å². The first kappa shape index (κ1) is 17.5. The van der Waals surface area contributed by atoms with Crippen LogP contribution >= 0.6 is 0 Å². The maximum Gasteiger partial charge on any atom is 0.343 e. The summed E-state index contributed by atoms with van der Waals surface area (Å²) in [6, 6.07) is 5.81. The molecule has 134 valence electrons. The number of fused-ring (bicyclic) bond motifs is 1. The fourth-order valence-electron chi connectivity index (χ4n) is 2.56. The lowest BCUT2D eigenvalue weighted by molar-refractivity contribution is 0.0524. The normalized spacial score (nSPS) is 10.9. The van der Waals surface area contributed by atoms with Gasteiger partial charge >= 0.3 is 5.97 Å². The van der Waals surface area contributed by atoms with E-state index in [1.807, 2.05) is 0 Å². The highest BCUT2D eigenvalue weighted by Gasteiger charge is 2.23. The van der Waals surface area contributed by atoms with E-state index >= 15 is 0 Å². The van der Waals surface area contributed by atoms with Crippen LogP contribution in [0.2, 0.25) is 0 Å². The Kier molecular flexibility index (Phi) is 4.41. The summed E-state index contributed by atoms with van der Waals surface area (Å²) in [6.45, 7) is 1.52. The zero-order valence-electron chi connectivity index (χ0n) is 13.4. The molecule has 1 heterocycles. The molecule has 2 aromatic carbocycles. The number of hydrogen-bond donors (Lipinski definition) is 1. The molecule has 0 atom stereocenters. The molecule has 0 radical (unpaired) electrons.